The third-order valence-corrected chi connectivity index (χ3v) is 9.52. The van der Waals surface area contributed by atoms with E-state index in [2.05, 4.69) is 20.8 Å². The molecule has 2 aliphatic heterocycles. The highest BCUT2D eigenvalue weighted by Gasteiger charge is 2.55. The summed E-state index contributed by atoms with van der Waals surface area (Å²) in [6, 6.07) is 17.7. The molecule has 3 heterocycles. The van der Waals surface area contributed by atoms with Crippen molar-refractivity contribution in [3.63, 3.8) is 0 Å². The van der Waals surface area contributed by atoms with Gasteiger partial charge in [0.05, 0.1) is 0 Å². The Bertz CT molecular complexity index is 1590. The number of hydrogen-bond acceptors (Lipinski definition) is 10. The smallest absolute Gasteiger partial charge is 0.356 e. The monoisotopic (exact) mass is 651 g/mol. The van der Waals surface area contributed by atoms with Crippen LogP contribution < -0.4 is 10.6 Å². The lowest BCUT2D eigenvalue weighted by Gasteiger charge is -2.49. The molecule has 0 spiro atoms. The van der Waals surface area contributed by atoms with E-state index in [1.165, 1.54) is 16.7 Å². The Labute approximate surface area is 265 Å². The maximum atomic E-state index is 13.8. The summed E-state index contributed by atoms with van der Waals surface area (Å²) < 4.78 is 6.07. The van der Waals surface area contributed by atoms with Crippen molar-refractivity contribution < 1.29 is 28.8 Å². The van der Waals surface area contributed by atoms with Gasteiger partial charge in [-0.3, -0.25) is 19.3 Å². The van der Waals surface area contributed by atoms with Gasteiger partial charge in [0.1, 0.15) is 28.9 Å². The number of thioether (sulfide) groups is 1. The normalized spacial score (nSPS) is 19.6. The van der Waals surface area contributed by atoms with Gasteiger partial charge < -0.3 is 20.2 Å². The number of β-lactam (4-membered cyclic amide) rings is 1. The van der Waals surface area contributed by atoms with Gasteiger partial charge in [-0.1, -0.05) is 65.8 Å². The van der Waals surface area contributed by atoms with Gasteiger partial charge in [0, 0.05) is 17.0 Å². The summed E-state index contributed by atoms with van der Waals surface area (Å²) in [6.07, 6.45) is 1.34. The summed E-state index contributed by atoms with van der Waals surface area (Å²) in [5, 5.41) is 10.5. The lowest BCUT2D eigenvalue weighted by molar-refractivity contribution is -0.154. The van der Waals surface area contributed by atoms with Gasteiger partial charge in [-0.05, 0) is 29.5 Å². The van der Waals surface area contributed by atoms with Crippen LogP contribution in [-0.4, -0.2) is 68.9 Å². The molecule has 0 bridgehead atoms. The van der Waals surface area contributed by atoms with Gasteiger partial charge in [0.15, 0.2) is 16.9 Å². The second-order valence-electron chi connectivity index (χ2n) is 10.1. The van der Waals surface area contributed by atoms with Crippen LogP contribution in [0.5, 0.6) is 0 Å². The number of alkyl halides is 1. The Hall–Kier alpha value is -4.20. The van der Waals surface area contributed by atoms with Crippen molar-refractivity contribution in [2.24, 2.45) is 5.16 Å². The number of halogens is 1. The minimum atomic E-state index is -0.941. The number of amides is 3. The maximum absolute atomic E-state index is 13.8. The number of fused-ring (bicyclic) bond motifs is 1. The van der Waals surface area contributed by atoms with Crippen molar-refractivity contribution in [1.82, 2.24) is 15.2 Å². The quantitative estimate of drug-likeness (QED) is 0.0753. The summed E-state index contributed by atoms with van der Waals surface area (Å²) in [6.45, 7) is 0. The van der Waals surface area contributed by atoms with E-state index >= 15 is 0 Å². The molecule has 6 rings (SSSR count). The van der Waals surface area contributed by atoms with Crippen LogP contribution in [0.15, 0.2) is 82.5 Å². The zero-order valence-corrected chi connectivity index (χ0v) is 25.4. The molecule has 11 nitrogen and oxygen atoms in total. The number of ether oxygens (including phenoxy) is 1. The molecule has 3 amide bonds. The molecule has 1 saturated carbocycles. The summed E-state index contributed by atoms with van der Waals surface area (Å²) >= 11 is 8.75. The molecule has 0 unspecified atom stereocenters. The van der Waals surface area contributed by atoms with E-state index in [9.17, 15) is 19.2 Å². The Balaban J connectivity index is 1.21. The number of benzene rings is 2. The molecule has 3 aromatic rings. The van der Waals surface area contributed by atoms with Crippen molar-refractivity contribution >= 4 is 69.7 Å². The number of nitrogens with one attached hydrogen (secondary N) is 2. The number of nitrogens with zero attached hydrogens (tertiary/aromatic N) is 3. The van der Waals surface area contributed by atoms with Crippen LogP contribution in [0.2, 0.25) is 0 Å². The third kappa shape index (κ3) is 6.21. The van der Waals surface area contributed by atoms with E-state index in [0.29, 0.717) is 17.7 Å². The summed E-state index contributed by atoms with van der Waals surface area (Å²) in [5.74, 6) is -1.43. The lowest BCUT2D eigenvalue weighted by Crippen LogP contribution is -2.71. The number of thiazole rings is 1. The van der Waals surface area contributed by atoms with E-state index in [1.54, 1.807) is 5.38 Å². The predicted molar refractivity (Wildman–Crippen MR) is 166 cm³/mol. The summed E-state index contributed by atoms with van der Waals surface area (Å²) in [5.41, 5.74) is 2.27. The summed E-state index contributed by atoms with van der Waals surface area (Å²) in [7, 11) is 0. The number of oxime groups is 1. The van der Waals surface area contributed by atoms with Gasteiger partial charge in [0.2, 0.25) is 6.41 Å². The molecule has 2 atom stereocenters. The van der Waals surface area contributed by atoms with Crippen molar-refractivity contribution in [3.8, 4) is 0 Å². The Morgan fingerprint density at radius 1 is 1.11 bits per heavy atom. The average molecular weight is 652 g/mol. The molecular formula is C30H26ClN5O6S2. The number of aromatic nitrogens is 1. The number of carbonyl (C=O) groups excluding carboxylic acids is 4. The molecule has 2 N–H and O–H groups in total. The second-order valence-corrected chi connectivity index (χ2v) is 12.3. The Morgan fingerprint density at radius 3 is 2.41 bits per heavy atom. The minimum Gasteiger partial charge on any atom is -0.448 e. The fourth-order valence-corrected chi connectivity index (χ4v) is 7.07. The van der Waals surface area contributed by atoms with Gasteiger partial charge in [-0.25, -0.2) is 9.78 Å². The highest BCUT2D eigenvalue weighted by Crippen LogP contribution is 2.42. The van der Waals surface area contributed by atoms with Crippen LogP contribution >= 0.6 is 34.7 Å². The van der Waals surface area contributed by atoms with E-state index in [4.69, 9.17) is 21.2 Å². The van der Waals surface area contributed by atoms with E-state index < -0.39 is 35.3 Å². The number of carbonyl (C=O) groups is 4. The van der Waals surface area contributed by atoms with Crippen LogP contribution in [0.4, 0.5) is 5.13 Å². The topological polar surface area (TPSA) is 139 Å². The summed E-state index contributed by atoms with van der Waals surface area (Å²) in [4.78, 5) is 62.6. The van der Waals surface area contributed by atoms with Crippen LogP contribution in [-0.2, 0) is 28.8 Å². The maximum Gasteiger partial charge on any atom is 0.356 e. The van der Waals surface area contributed by atoms with E-state index in [0.717, 1.165) is 35.3 Å². The van der Waals surface area contributed by atoms with Crippen LogP contribution in [0.1, 0.15) is 35.8 Å². The molecule has 1 aromatic heterocycles. The van der Waals surface area contributed by atoms with Gasteiger partial charge in [-0.15, -0.1) is 34.7 Å². The zero-order chi connectivity index (χ0) is 30.6. The molecule has 226 valence electrons. The lowest BCUT2D eigenvalue weighted by atomic mass is 10.0. The average Bonchev–Trinajstić information content (AvgIpc) is 3.78. The molecule has 2 aromatic carbocycles. The van der Waals surface area contributed by atoms with Crippen molar-refractivity contribution in [3.05, 3.63) is 94.1 Å². The first kappa shape index (κ1) is 29.9. The largest absolute Gasteiger partial charge is 0.448 e. The first-order valence-electron chi connectivity index (χ1n) is 13.7. The van der Waals surface area contributed by atoms with Crippen molar-refractivity contribution in [1.29, 1.82) is 0 Å². The van der Waals surface area contributed by atoms with Crippen LogP contribution in [0, 0.1) is 0 Å². The fraction of sp³-hybridized carbons (Fsp3) is 0.267. The third-order valence-electron chi connectivity index (χ3n) is 7.08. The molecule has 44 heavy (non-hydrogen) atoms. The molecule has 1 saturated heterocycles. The van der Waals surface area contributed by atoms with E-state index in [1.807, 2.05) is 60.7 Å². The highest BCUT2D eigenvalue weighted by molar-refractivity contribution is 8.00. The van der Waals surface area contributed by atoms with Crippen molar-refractivity contribution in [2.75, 3.05) is 16.9 Å². The molecule has 14 heteroatoms. The van der Waals surface area contributed by atoms with Gasteiger partial charge in [-0.2, -0.15) is 0 Å². The molecule has 3 aliphatic rings. The predicted octanol–water partition coefficient (Wildman–Crippen LogP) is 3.82. The molecule has 1 aliphatic carbocycles. The highest BCUT2D eigenvalue weighted by atomic mass is 35.5. The number of hydrogen-bond donors (Lipinski definition) is 2. The second kappa shape index (κ2) is 13.2. The zero-order valence-electron chi connectivity index (χ0n) is 23.1. The van der Waals surface area contributed by atoms with Crippen LogP contribution in [0.25, 0.3) is 0 Å². The molecule has 0 radical (unpaired) electrons. The van der Waals surface area contributed by atoms with Crippen LogP contribution in [0.3, 0.4) is 0 Å². The molecular weight excluding hydrogens is 626 g/mol. The van der Waals surface area contributed by atoms with Gasteiger partial charge in [0.25, 0.3) is 11.8 Å². The Kier molecular flexibility index (Phi) is 8.96. The first-order chi connectivity index (χ1) is 21.5. The number of rotatable bonds is 12. The van der Waals surface area contributed by atoms with Gasteiger partial charge >= 0.3 is 5.97 Å². The number of anilines is 1. The first-order valence-corrected chi connectivity index (χ1v) is 16.2. The van der Waals surface area contributed by atoms with E-state index in [-0.39, 0.29) is 34.2 Å². The Morgan fingerprint density at radius 2 is 1.80 bits per heavy atom. The fourth-order valence-electron chi connectivity index (χ4n) is 4.74. The number of esters is 1. The van der Waals surface area contributed by atoms with Crippen molar-refractivity contribution in [2.45, 2.75) is 36.5 Å². The molecule has 2 fully saturated rings. The standard InChI is InChI=1S/C30H26ClN5O6S2/c31-13-19-14-43-28-23(34-26(38)22(35-42-20-11-12-20)21-15-44-30(33-21)32-16-37)27(39)36(28)24(19)29(40)41-25(17-7-3-1-4-8-17)18-9-5-2-6-10-18/h1-10,15-16,20,23,25,28H,11-14H2,(H,34,38)(H,32,33,37)/t23-,28-/m1/s1. The SMILES string of the molecule is O=CNc1nc(C(=NOC2CC2)C(=O)N[C@@H]2C(=O)N3C(C(=O)OC(c4ccccc4)c4ccccc4)=C(CCl)CS[C@H]23)cs1. The minimum absolute atomic E-state index is 0.0304.